The predicted molar refractivity (Wildman–Crippen MR) is 140 cm³/mol. The molecule has 0 aromatic heterocycles. The van der Waals surface area contributed by atoms with Crippen LogP contribution in [-0.4, -0.2) is 60.8 Å². The smallest absolute Gasteiger partial charge is 0.283 e. The summed E-state index contributed by atoms with van der Waals surface area (Å²) < 4.78 is 41.0. The number of amides is 1. The van der Waals surface area contributed by atoms with Crippen molar-refractivity contribution in [1.29, 1.82) is 5.41 Å². The van der Waals surface area contributed by atoms with E-state index in [-0.39, 0.29) is 26.7 Å². The van der Waals surface area contributed by atoms with Crippen LogP contribution in [0.25, 0.3) is 6.08 Å². The molecule has 0 aliphatic carbocycles. The summed E-state index contributed by atoms with van der Waals surface area (Å²) in [5, 5.41) is 13.5. The molecule has 2 aliphatic rings. The Morgan fingerprint density at radius 3 is 2.61 bits per heavy atom. The minimum atomic E-state index is -3.59. The summed E-state index contributed by atoms with van der Waals surface area (Å²) in [4.78, 5) is 16.5. The van der Waals surface area contributed by atoms with Gasteiger partial charge in [-0.15, -0.1) is 5.10 Å². The van der Waals surface area contributed by atoms with Crippen molar-refractivity contribution >= 4 is 49.0 Å². The highest BCUT2D eigenvalue weighted by molar-refractivity contribution is 8.42. The number of fused-ring (bicyclic) bond motifs is 1. The van der Waals surface area contributed by atoms with Crippen molar-refractivity contribution in [3.05, 3.63) is 59.2 Å². The van der Waals surface area contributed by atoms with Gasteiger partial charge in [-0.25, -0.2) is 8.42 Å². The third-order valence-corrected chi connectivity index (χ3v) is 8.27. The Hall–Kier alpha value is -3.64. The van der Waals surface area contributed by atoms with E-state index in [1.807, 2.05) is 31.2 Å². The Labute approximate surface area is 213 Å². The van der Waals surface area contributed by atoms with Crippen LogP contribution in [0.4, 0.5) is 0 Å². The van der Waals surface area contributed by atoms with Crippen LogP contribution in [0.2, 0.25) is 0 Å². The molecule has 1 N–H and O–H groups in total. The molecule has 12 heteroatoms. The van der Waals surface area contributed by atoms with Crippen LogP contribution < -0.4 is 14.2 Å². The van der Waals surface area contributed by atoms with Gasteiger partial charge in [-0.1, -0.05) is 25.1 Å². The number of aliphatic imine (C=N–C) groups is 1. The van der Waals surface area contributed by atoms with E-state index in [0.29, 0.717) is 30.3 Å². The first-order chi connectivity index (χ1) is 17.2. The SMILES string of the molecule is CCS(=O)(=O)C1=NN2C(=N)/C(=C/c3ccc(OCCOc4cccc(C)c4)c(OC)c3)C(=O)N=C2S1. The van der Waals surface area contributed by atoms with E-state index in [0.717, 1.165) is 28.1 Å². The third-order valence-electron chi connectivity index (χ3n) is 5.18. The molecule has 1 amide bonds. The first-order valence-corrected chi connectivity index (χ1v) is 13.4. The second-order valence-electron chi connectivity index (χ2n) is 7.71. The molecule has 0 unspecified atom stereocenters. The molecule has 4 rings (SSSR count). The van der Waals surface area contributed by atoms with Crippen LogP contribution in [0.3, 0.4) is 0 Å². The van der Waals surface area contributed by atoms with Crippen LogP contribution in [-0.2, 0) is 14.6 Å². The molecule has 0 radical (unpaired) electrons. The first-order valence-electron chi connectivity index (χ1n) is 10.9. The Kier molecular flexibility index (Phi) is 7.45. The lowest BCUT2D eigenvalue weighted by molar-refractivity contribution is -0.114. The second kappa shape index (κ2) is 10.5. The average Bonchev–Trinajstić information content (AvgIpc) is 3.30. The number of amidine groups is 2. The minimum absolute atomic E-state index is 0.0273. The normalized spacial score (nSPS) is 16.5. The molecule has 10 nitrogen and oxygen atoms in total. The average molecular weight is 529 g/mol. The van der Waals surface area contributed by atoms with E-state index in [9.17, 15) is 13.2 Å². The number of sulfone groups is 1. The lowest BCUT2D eigenvalue weighted by Crippen LogP contribution is -2.35. The number of rotatable bonds is 8. The van der Waals surface area contributed by atoms with Crippen molar-refractivity contribution < 1.29 is 27.4 Å². The van der Waals surface area contributed by atoms with Gasteiger partial charge >= 0.3 is 0 Å². The molecule has 0 saturated heterocycles. The van der Waals surface area contributed by atoms with E-state index in [4.69, 9.17) is 19.6 Å². The third kappa shape index (κ3) is 5.44. The van der Waals surface area contributed by atoms with Crippen molar-refractivity contribution in [2.75, 3.05) is 26.1 Å². The van der Waals surface area contributed by atoms with Crippen LogP contribution >= 0.6 is 11.8 Å². The Morgan fingerprint density at radius 2 is 1.89 bits per heavy atom. The molecule has 0 atom stereocenters. The Bertz CT molecular complexity index is 1420. The number of benzene rings is 2. The van der Waals surface area contributed by atoms with Gasteiger partial charge in [0.25, 0.3) is 5.91 Å². The van der Waals surface area contributed by atoms with Gasteiger partial charge in [-0.05, 0) is 60.2 Å². The Balaban J connectivity index is 1.47. The molecule has 2 heterocycles. The van der Waals surface area contributed by atoms with Crippen molar-refractivity contribution in [1.82, 2.24) is 5.01 Å². The lowest BCUT2D eigenvalue weighted by Gasteiger charge is -2.20. The number of thioether (sulfide) groups is 1. The fraction of sp³-hybridized carbons (Fsp3) is 0.250. The molecular formula is C24H24N4O6S2. The number of aryl methyl sites for hydroxylation is 1. The molecule has 2 aliphatic heterocycles. The van der Waals surface area contributed by atoms with E-state index < -0.39 is 15.7 Å². The van der Waals surface area contributed by atoms with Gasteiger partial charge in [0.2, 0.25) is 19.4 Å². The van der Waals surface area contributed by atoms with Gasteiger partial charge < -0.3 is 14.2 Å². The maximum Gasteiger partial charge on any atom is 0.283 e. The van der Waals surface area contributed by atoms with Crippen LogP contribution in [0, 0.1) is 12.3 Å². The second-order valence-corrected chi connectivity index (χ2v) is 11.1. The van der Waals surface area contributed by atoms with Crippen LogP contribution in [0.5, 0.6) is 17.2 Å². The van der Waals surface area contributed by atoms with Crippen LogP contribution in [0.15, 0.2) is 58.1 Å². The summed E-state index contributed by atoms with van der Waals surface area (Å²) >= 11 is 0.761. The van der Waals surface area contributed by atoms with E-state index in [2.05, 4.69) is 10.1 Å². The van der Waals surface area contributed by atoms with Gasteiger partial charge in [0, 0.05) is 0 Å². The summed E-state index contributed by atoms with van der Waals surface area (Å²) in [6.45, 7) is 4.12. The minimum Gasteiger partial charge on any atom is -0.493 e. The summed E-state index contributed by atoms with van der Waals surface area (Å²) in [6.07, 6.45) is 1.48. The van der Waals surface area contributed by atoms with Crippen LogP contribution in [0.1, 0.15) is 18.1 Å². The molecule has 2 aromatic rings. The maximum atomic E-state index is 12.6. The fourth-order valence-corrected chi connectivity index (χ4v) is 5.46. The zero-order chi connectivity index (χ0) is 25.9. The lowest BCUT2D eigenvalue weighted by atomic mass is 10.1. The van der Waals surface area contributed by atoms with Crippen molar-refractivity contribution in [2.24, 2.45) is 10.1 Å². The monoisotopic (exact) mass is 528 g/mol. The number of carbonyl (C=O) groups excluding carboxylic acids is 1. The fourth-order valence-electron chi connectivity index (χ4n) is 3.30. The quantitative estimate of drug-likeness (QED) is 0.407. The number of hydrazone groups is 1. The molecule has 2 aromatic carbocycles. The number of hydrogen-bond donors (Lipinski definition) is 1. The van der Waals surface area contributed by atoms with E-state index in [1.165, 1.54) is 20.1 Å². The summed E-state index contributed by atoms with van der Waals surface area (Å²) in [6, 6.07) is 12.8. The maximum absolute atomic E-state index is 12.6. The molecule has 0 saturated carbocycles. The standard InChI is InChI=1S/C24H24N4O6S2/c1-4-36(30,31)24-27-28-21(25)18(22(29)26-23(28)35-24)13-16-8-9-19(20(14-16)32-3)34-11-10-33-17-7-5-6-15(2)12-17/h5-9,12-14,25H,4,10-11H2,1-3H3/b18-13-,25-21?. The highest BCUT2D eigenvalue weighted by atomic mass is 32.3. The topological polar surface area (TPSA) is 131 Å². The first kappa shape index (κ1) is 25.5. The molecule has 188 valence electrons. The number of nitrogens with zero attached hydrogens (tertiary/aromatic N) is 3. The zero-order valence-corrected chi connectivity index (χ0v) is 21.5. The summed E-state index contributed by atoms with van der Waals surface area (Å²) in [7, 11) is -2.09. The Morgan fingerprint density at radius 1 is 1.11 bits per heavy atom. The van der Waals surface area contributed by atoms with Crippen molar-refractivity contribution in [3.63, 3.8) is 0 Å². The zero-order valence-electron chi connectivity index (χ0n) is 19.8. The van der Waals surface area contributed by atoms with E-state index in [1.54, 1.807) is 18.2 Å². The van der Waals surface area contributed by atoms with Gasteiger partial charge in [0.05, 0.1) is 18.4 Å². The number of nitrogens with one attached hydrogen (secondary N) is 1. The molecule has 36 heavy (non-hydrogen) atoms. The predicted octanol–water partition coefficient (Wildman–Crippen LogP) is 3.47. The largest absolute Gasteiger partial charge is 0.493 e. The number of carbonyl (C=O) groups is 1. The number of hydrogen-bond acceptors (Lipinski definition) is 9. The van der Waals surface area contributed by atoms with Gasteiger partial charge in [-0.2, -0.15) is 10.0 Å². The molecule has 0 fully saturated rings. The number of ether oxygens (including phenoxy) is 3. The number of methoxy groups -OCH3 is 1. The van der Waals surface area contributed by atoms with Crippen molar-refractivity contribution in [3.8, 4) is 17.2 Å². The summed E-state index contributed by atoms with van der Waals surface area (Å²) in [5.74, 6) is 0.634. The highest BCUT2D eigenvalue weighted by Crippen LogP contribution is 2.32. The van der Waals surface area contributed by atoms with Gasteiger partial charge in [0.15, 0.2) is 17.3 Å². The summed E-state index contributed by atoms with van der Waals surface area (Å²) in [5.41, 5.74) is 1.65. The van der Waals surface area contributed by atoms with E-state index >= 15 is 0 Å². The molecule has 0 spiro atoms. The van der Waals surface area contributed by atoms with Crippen molar-refractivity contribution in [2.45, 2.75) is 13.8 Å². The molecule has 0 bridgehead atoms. The highest BCUT2D eigenvalue weighted by Gasteiger charge is 2.39. The van der Waals surface area contributed by atoms with Gasteiger partial charge in [0.1, 0.15) is 19.0 Å². The molecular weight excluding hydrogens is 504 g/mol. The van der Waals surface area contributed by atoms with Gasteiger partial charge in [-0.3, -0.25) is 10.2 Å².